The second kappa shape index (κ2) is 7.81. The van der Waals surface area contributed by atoms with E-state index in [-0.39, 0.29) is 11.9 Å². The van der Waals surface area contributed by atoms with Crippen LogP contribution in [0.1, 0.15) is 29.9 Å². The molecule has 2 unspecified atom stereocenters. The Bertz CT molecular complexity index is 684. The SMILES string of the molecule is CCOc1cc(-c2ccccc2)sc1C(=O)NC1CCNCC1C. The number of thiophene rings is 1. The highest BCUT2D eigenvalue weighted by Gasteiger charge is 2.25. The van der Waals surface area contributed by atoms with Crippen molar-refractivity contribution in [1.29, 1.82) is 0 Å². The first-order valence-electron chi connectivity index (χ1n) is 8.52. The lowest BCUT2D eigenvalue weighted by Crippen LogP contribution is -2.48. The first kappa shape index (κ1) is 17.0. The van der Waals surface area contributed by atoms with Crippen molar-refractivity contribution in [2.24, 2.45) is 5.92 Å². The maximum Gasteiger partial charge on any atom is 0.265 e. The number of carbonyl (C=O) groups excluding carboxylic acids is 1. The van der Waals surface area contributed by atoms with Crippen molar-refractivity contribution in [2.45, 2.75) is 26.3 Å². The molecule has 1 aromatic carbocycles. The smallest absolute Gasteiger partial charge is 0.265 e. The molecule has 2 atom stereocenters. The van der Waals surface area contributed by atoms with E-state index in [2.05, 4.69) is 29.7 Å². The van der Waals surface area contributed by atoms with E-state index in [1.165, 1.54) is 11.3 Å². The fraction of sp³-hybridized carbons (Fsp3) is 0.421. The molecule has 2 N–H and O–H groups in total. The molecule has 1 saturated heterocycles. The Hall–Kier alpha value is -1.85. The fourth-order valence-corrected chi connectivity index (χ4v) is 4.01. The molecule has 1 amide bonds. The predicted molar refractivity (Wildman–Crippen MR) is 98.8 cm³/mol. The lowest BCUT2D eigenvalue weighted by molar-refractivity contribution is 0.0915. The molecule has 1 fully saturated rings. The fourth-order valence-electron chi connectivity index (χ4n) is 3.00. The molecule has 2 heterocycles. The van der Waals surface area contributed by atoms with Gasteiger partial charge in [-0.1, -0.05) is 37.3 Å². The number of carbonyl (C=O) groups is 1. The van der Waals surface area contributed by atoms with E-state index in [1.807, 2.05) is 31.2 Å². The van der Waals surface area contributed by atoms with E-state index in [0.717, 1.165) is 30.0 Å². The molecule has 0 bridgehead atoms. The Labute approximate surface area is 147 Å². The number of piperidine rings is 1. The highest BCUT2D eigenvalue weighted by atomic mass is 32.1. The summed E-state index contributed by atoms with van der Waals surface area (Å²) < 4.78 is 5.71. The van der Waals surface area contributed by atoms with Crippen LogP contribution in [0, 0.1) is 5.92 Å². The van der Waals surface area contributed by atoms with Crippen molar-refractivity contribution in [1.82, 2.24) is 10.6 Å². The molecule has 4 nitrogen and oxygen atoms in total. The van der Waals surface area contributed by atoms with E-state index in [0.29, 0.717) is 23.2 Å². The van der Waals surface area contributed by atoms with Gasteiger partial charge in [0, 0.05) is 10.9 Å². The average Bonchev–Trinajstić information content (AvgIpc) is 3.02. The summed E-state index contributed by atoms with van der Waals surface area (Å²) in [5.41, 5.74) is 1.11. The molecule has 2 aromatic rings. The molecule has 1 aliphatic heterocycles. The van der Waals surface area contributed by atoms with E-state index < -0.39 is 0 Å². The number of rotatable bonds is 5. The summed E-state index contributed by atoms with van der Waals surface area (Å²) in [6.45, 7) is 6.56. The van der Waals surface area contributed by atoms with Crippen LogP contribution in [0.3, 0.4) is 0 Å². The number of hydrogen-bond donors (Lipinski definition) is 2. The quantitative estimate of drug-likeness (QED) is 0.872. The van der Waals surface area contributed by atoms with Crippen LogP contribution >= 0.6 is 11.3 Å². The van der Waals surface area contributed by atoms with Crippen molar-refractivity contribution in [3.8, 4) is 16.2 Å². The van der Waals surface area contributed by atoms with Gasteiger partial charge in [0.25, 0.3) is 5.91 Å². The first-order chi connectivity index (χ1) is 11.7. The number of nitrogens with one attached hydrogen (secondary N) is 2. The van der Waals surface area contributed by atoms with Gasteiger partial charge in [0.05, 0.1) is 6.61 Å². The third-order valence-electron chi connectivity index (χ3n) is 4.36. The van der Waals surface area contributed by atoms with E-state index in [4.69, 9.17) is 4.74 Å². The molecule has 5 heteroatoms. The number of benzene rings is 1. The number of ether oxygens (including phenoxy) is 1. The molecule has 128 valence electrons. The summed E-state index contributed by atoms with van der Waals surface area (Å²) in [6.07, 6.45) is 0.966. The van der Waals surface area contributed by atoms with Crippen molar-refractivity contribution < 1.29 is 9.53 Å². The van der Waals surface area contributed by atoms with Crippen molar-refractivity contribution in [3.63, 3.8) is 0 Å². The Kier molecular flexibility index (Phi) is 5.53. The summed E-state index contributed by atoms with van der Waals surface area (Å²) in [5.74, 6) is 1.09. The Morgan fingerprint density at radius 2 is 2.17 bits per heavy atom. The molecule has 24 heavy (non-hydrogen) atoms. The van der Waals surface area contributed by atoms with E-state index >= 15 is 0 Å². The number of hydrogen-bond acceptors (Lipinski definition) is 4. The van der Waals surface area contributed by atoms with Crippen LogP contribution in [0.2, 0.25) is 0 Å². The van der Waals surface area contributed by atoms with Crippen LogP contribution in [-0.2, 0) is 0 Å². The number of amides is 1. The summed E-state index contributed by atoms with van der Waals surface area (Å²) in [6, 6.07) is 12.3. The van der Waals surface area contributed by atoms with Crippen molar-refractivity contribution >= 4 is 17.2 Å². The molecule has 0 radical (unpaired) electrons. The minimum atomic E-state index is -0.0237. The Morgan fingerprint density at radius 1 is 1.38 bits per heavy atom. The summed E-state index contributed by atoms with van der Waals surface area (Å²) in [4.78, 5) is 14.5. The molecule has 3 rings (SSSR count). The van der Waals surface area contributed by atoms with Crippen LogP contribution in [0.25, 0.3) is 10.4 Å². The zero-order valence-corrected chi connectivity index (χ0v) is 15.0. The second-order valence-corrected chi connectivity index (χ2v) is 7.21. The first-order valence-corrected chi connectivity index (χ1v) is 9.34. The van der Waals surface area contributed by atoms with Crippen LogP contribution < -0.4 is 15.4 Å². The minimum Gasteiger partial charge on any atom is -0.492 e. The van der Waals surface area contributed by atoms with Gasteiger partial charge in [0.2, 0.25) is 0 Å². The van der Waals surface area contributed by atoms with Gasteiger partial charge in [-0.15, -0.1) is 11.3 Å². The largest absolute Gasteiger partial charge is 0.492 e. The molecule has 0 spiro atoms. The van der Waals surface area contributed by atoms with Gasteiger partial charge in [-0.2, -0.15) is 0 Å². The summed E-state index contributed by atoms with van der Waals surface area (Å²) in [7, 11) is 0. The van der Waals surface area contributed by atoms with Gasteiger partial charge < -0.3 is 15.4 Å². The van der Waals surface area contributed by atoms with Gasteiger partial charge in [-0.3, -0.25) is 4.79 Å². The Balaban J connectivity index is 1.82. The lowest BCUT2D eigenvalue weighted by atomic mass is 9.95. The van der Waals surface area contributed by atoms with Gasteiger partial charge >= 0.3 is 0 Å². The maximum atomic E-state index is 12.8. The normalized spacial score (nSPS) is 20.6. The van der Waals surface area contributed by atoms with E-state index in [9.17, 15) is 4.79 Å². The van der Waals surface area contributed by atoms with E-state index in [1.54, 1.807) is 0 Å². The maximum absolute atomic E-state index is 12.8. The van der Waals surface area contributed by atoms with Crippen LogP contribution in [0.4, 0.5) is 0 Å². The Morgan fingerprint density at radius 3 is 2.88 bits per heavy atom. The molecular weight excluding hydrogens is 320 g/mol. The standard InChI is InChI=1S/C19H24N2O2S/c1-3-23-16-11-17(14-7-5-4-6-8-14)24-18(16)19(22)21-15-9-10-20-12-13(15)2/h4-8,11,13,15,20H,3,9-10,12H2,1-2H3,(H,21,22). The molecular formula is C19H24N2O2S. The topological polar surface area (TPSA) is 50.4 Å². The average molecular weight is 344 g/mol. The van der Waals surface area contributed by atoms with Gasteiger partial charge in [0.1, 0.15) is 10.6 Å². The zero-order valence-electron chi connectivity index (χ0n) is 14.2. The second-order valence-electron chi connectivity index (χ2n) is 6.15. The molecule has 0 aliphatic carbocycles. The molecule has 0 saturated carbocycles. The van der Waals surface area contributed by atoms with Crippen LogP contribution in [0.15, 0.2) is 36.4 Å². The van der Waals surface area contributed by atoms with Gasteiger partial charge in [-0.05, 0) is 44.0 Å². The highest BCUT2D eigenvalue weighted by Crippen LogP contribution is 2.36. The van der Waals surface area contributed by atoms with Gasteiger partial charge in [-0.25, -0.2) is 0 Å². The predicted octanol–water partition coefficient (Wildman–Crippen LogP) is 3.54. The molecule has 1 aliphatic rings. The van der Waals surface area contributed by atoms with Crippen LogP contribution in [0.5, 0.6) is 5.75 Å². The van der Waals surface area contributed by atoms with Crippen LogP contribution in [-0.4, -0.2) is 31.6 Å². The highest BCUT2D eigenvalue weighted by molar-refractivity contribution is 7.17. The summed E-state index contributed by atoms with van der Waals surface area (Å²) in [5, 5.41) is 6.56. The third kappa shape index (κ3) is 3.79. The monoisotopic (exact) mass is 344 g/mol. The summed E-state index contributed by atoms with van der Waals surface area (Å²) >= 11 is 1.50. The van der Waals surface area contributed by atoms with Crippen molar-refractivity contribution in [2.75, 3.05) is 19.7 Å². The molecule has 1 aromatic heterocycles. The third-order valence-corrected chi connectivity index (χ3v) is 5.53. The minimum absolute atomic E-state index is 0.0237. The van der Waals surface area contributed by atoms with Crippen molar-refractivity contribution in [3.05, 3.63) is 41.3 Å². The lowest BCUT2D eigenvalue weighted by Gasteiger charge is -2.30. The van der Waals surface area contributed by atoms with Gasteiger partial charge in [0.15, 0.2) is 0 Å². The zero-order chi connectivity index (χ0) is 16.9.